The summed E-state index contributed by atoms with van der Waals surface area (Å²) in [6, 6.07) is 19.2. The van der Waals surface area contributed by atoms with E-state index in [1.165, 1.54) is 12.3 Å². The Morgan fingerprint density at radius 2 is 1.62 bits per heavy atom. The normalized spacial score (nSPS) is 12.8. The lowest BCUT2D eigenvalue weighted by atomic mass is 10.2. The predicted molar refractivity (Wildman–Crippen MR) is 115 cm³/mol. The van der Waals surface area contributed by atoms with Gasteiger partial charge in [-0.15, -0.1) is 0 Å². The van der Waals surface area contributed by atoms with E-state index in [1.807, 2.05) is 24.3 Å². The zero-order valence-corrected chi connectivity index (χ0v) is 17.3. The number of benzene rings is 2. The second kappa shape index (κ2) is 7.88. The summed E-state index contributed by atoms with van der Waals surface area (Å²) in [5.74, 6) is -0.160. The fourth-order valence-electron chi connectivity index (χ4n) is 3.13. The molecule has 1 N–H and O–H groups in total. The van der Waals surface area contributed by atoms with Crippen LogP contribution in [0.1, 0.15) is 6.42 Å². The second-order valence-electron chi connectivity index (χ2n) is 6.64. The van der Waals surface area contributed by atoms with Gasteiger partial charge in [-0.2, -0.15) is 0 Å². The lowest BCUT2D eigenvalue weighted by Gasteiger charge is -2.32. The van der Waals surface area contributed by atoms with E-state index in [0.29, 0.717) is 12.2 Å². The third kappa shape index (κ3) is 4.28. The molecule has 0 spiro atoms. The van der Waals surface area contributed by atoms with Crippen LogP contribution in [0.2, 0.25) is 0 Å². The molecule has 0 saturated carbocycles. The molecule has 4 rings (SSSR count). The Balaban J connectivity index is 1.47. The van der Waals surface area contributed by atoms with Gasteiger partial charge >= 0.3 is 0 Å². The molecule has 29 heavy (non-hydrogen) atoms. The fourth-order valence-corrected chi connectivity index (χ4v) is 4.79. The number of pyridine rings is 1. The van der Waals surface area contributed by atoms with Gasteiger partial charge in [-0.25, -0.2) is 13.4 Å². The van der Waals surface area contributed by atoms with Crippen LogP contribution in [0, 0.1) is 0 Å². The van der Waals surface area contributed by atoms with Gasteiger partial charge in [-0.05, 0) is 36.4 Å². The summed E-state index contributed by atoms with van der Waals surface area (Å²) in [6.45, 7) is 0.523. The molecule has 1 amide bonds. The molecule has 0 bridgehead atoms. The summed E-state index contributed by atoms with van der Waals surface area (Å²) >= 11 is 1.73. The standard InChI is InChI=1S/C21H19N3O3S2/c1-29(26,27)21-11-10-15(14-22-21)23-20(25)12-13-24-16-6-2-4-8-18(16)28-19-9-5-3-7-17(19)24/h2-11,14H,12-13H2,1H3,(H,23,25). The molecule has 6 nitrogen and oxygen atoms in total. The van der Waals surface area contributed by atoms with Gasteiger partial charge in [0.05, 0.1) is 23.3 Å². The number of para-hydroxylation sites is 2. The zero-order valence-electron chi connectivity index (χ0n) is 15.7. The number of aromatic nitrogens is 1. The highest BCUT2D eigenvalue weighted by molar-refractivity contribution is 7.99. The molecule has 0 aliphatic carbocycles. The number of carbonyl (C=O) groups is 1. The average Bonchev–Trinajstić information content (AvgIpc) is 2.71. The van der Waals surface area contributed by atoms with Gasteiger partial charge in [0, 0.05) is 29.0 Å². The number of carbonyl (C=O) groups excluding carboxylic acids is 1. The molecule has 2 heterocycles. The van der Waals surface area contributed by atoms with Crippen molar-refractivity contribution in [1.29, 1.82) is 0 Å². The summed E-state index contributed by atoms with van der Waals surface area (Å²) in [4.78, 5) is 20.8. The maximum Gasteiger partial charge on any atom is 0.226 e. The minimum Gasteiger partial charge on any atom is -0.339 e. The number of nitrogens with zero attached hydrogens (tertiary/aromatic N) is 2. The maximum absolute atomic E-state index is 12.5. The van der Waals surface area contributed by atoms with Crippen molar-refractivity contribution in [2.75, 3.05) is 23.0 Å². The van der Waals surface area contributed by atoms with E-state index in [0.717, 1.165) is 27.4 Å². The van der Waals surface area contributed by atoms with E-state index >= 15 is 0 Å². The molecule has 0 atom stereocenters. The lowest BCUT2D eigenvalue weighted by molar-refractivity contribution is -0.116. The van der Waals surface area contributed by atoms with E-state index in [-0.39, 0.29) is 17.4 Å². The molecule has 2 aromatic carbocycles. The highest BCUT2D eigenvalue weighted by atomic mass is 32.2. The number of hydrogen-bond donors (Lipinski definition) is 1. The van der Waals surface area contributed by atoms with Crippen LogP contribution in [0.15, 0.2) is 81.7 Å². The summed E-state index contributed by atoms with van der Waals surface area (Å²) in [7, 11) is -3.36. The minimum absolute atomic E-state index is 0.0190. The van der Waals surface area contributed by atoms with Crippen molar-refractivity contribution in [1.82, 2.24) is 4.98 Å². The third-order valence-corrected chi connectivity index (χ3v) is 6.63. The number of nitrogens with one attached hydrogen (secondary N) is 1. The number of hydrogen-bond acceptors (Lipinski definition) is 6. The largest absolute Gasteiger partial charge is 0.339 e. The lowest BCUT2D eigenvalue weighted by Crippen LogP contribution is -2.26. The Kier molecular flexibility index (Phi) is 5.29. The highest BCUT2D eigenvalue weighted by Gasteiger charge is 2.23. The van der Waals surface area contributed by atoms with Crippen molar-refractivity contribution in [3.05, 3.63) is 66.9 Å². The van der Waals surface area contributed by atoms with E-state index < -0.39 is 9.84 Å². The van der Waals surface area contributed by atoms with Crippen LogP contribution in [-0.4, -0.2) is 32.1 Å². The van der Waals surface area contributed by atoms with Crippen LogP contribution in [0.3, 0.4) is 0 Å². The van der Waals surface area contributed by atoms with Crippen LogP contribution >= 0.6 is 11.8 Å². The molecule has 1 aromatic heterocycles. The molecule has 3 aromatic rings. The van der Waals surface area contributed by atoms with E-state index in [9.17, 15) is 13.2 Å². The van der Waals surface area contributed by atoms with Crippen LogP contribution in [0.25, 0.3) is 0 Å². The molecule has 0 unspecified atom stereocenters. The maximum atomic E-state index is 12.5. The molecular weight excluding hydrogens is 406 g/mol. The van der Waals surface area contributed by atoms with Crippen LogP contribution in [-0.2, 0) is 14.6 Å². The Labute approximate surface area is 173 Å². The Morgan fingerprint density at radius 1 is 1.00 bits per heavy atom. The van der Waals surface area contributed by atoms with Crippen molar-refractivity contribution in [2.45, 2.75) is 21.2 Å². The Hall–Kier alpha value is -2.84. The smallest absolute Gasteiger partial charge is 0.226 e. The van der Waals surface area contributed by atoms with Crippen molar-refractivity contribution in [3.63, 3.8) is 0 Å². The van der Waals surface area contributed by atoms with Gasteiger partial charge in [0.2, 0.25) is 5.91 Å². The summed E-state index contributed by atoms with van der Waals surface area (Å²) in [5, 5.41) is 2.76. The molecular formula is C21H19N3O3S2. The van der Waals surface area contributed by atoms with E-state index in [2.05, 4.69) is 39.5 Å². The summed E-state index contributed by atoms with van der Waals surface area (Å²) in [6.07, 6.45) is 2.73. The SMILES string of the molecule is CS(=O)(=O)c1ccc(NC(=O)CCN2c3ccccc3Sc3ccccc32)cn1. The number of anilines is 3. The van der Waals surface area contributed by atoms with Crippen LogP contribution < -0.4 is 10.2 Å². The molecule has 1 aliphatic heterocycles. The topological polar surface area (TPSA) is 79.4 Å². The monoisotopic (exact) mass is 425 g/mol. The van der Waals surface area contributed by atoms with Crippen molar-refractivity contribution < 1.29 is 13.2 Å². The predicted octanol–water partition coefficient (Wildman–Crippen LogP) is 4.12. The first-order valence-electron chi connectivity index (χ1n) is 9.01. The van der Waals surface area contributed by atoms with Gasteiger partial charge in [0.25, 0.3) is 0 Å². The van der Waals surface area contributed by atoms with Gasteiger partial charge in [-0.3, -0.25) is 4.79 Å². The summed E-state index contributed by atoms with van der Waals surface area (Å²) in [5.41, 5.74) is 2.64. The summed E-state index contributed by atoms with van der Waals surface area (Å²) < 4.78 is 23.0. The Bertz CT molecular complexity index is 1120. The number of rotatable bonds is 5. The molecule has 148 valence electrons. The van der Waals surface area contributed by atoms with Gasteiger partial charge in [-0.1, -0.05) is 36.0 Å². The minimum atomic E-state index is -3.36. The quantitative estimate of drug-likeness (QED) is 0.663. The first kappa shape index (κ1) is 19.5. The van der Waals surface area contributed by atoms with Crippen molar-refractivity contribution in [2.24, 2.45) is 0 Å². The first-order valence-corrected chi connectivity index (χ1v) is 11.7. The fraction of sp³-hybridized carbons (Fsp3) is 0.143. The molecule has 0 saturated heterocycles. The number of amides is 1. The van der Waals surface area contributed by atoms with Crippen LogP contribution in [0.4, 0.5) is 17.1 Å². The third-order valence-electron chi connectivity index (χ3n) is 4.49. The Morgan fingerprint density at radius 3 is 2.17 bits per heavy atom. The average molecular weight is 426 g/mol. The zero-order chi connectivity index (χ0) is 20.4. The number of sulfone groups is 1. The second-order valence-corrected chi connectivity index (χ2v) is 9.69. The van der Waals surface area contributed by atoms with Gasteiger partial charge in [0.15, 0.2) is 14.9 Å². The highest BCUT2D eigenvalue weighted by Crippen LogP contribution is 2.47. The molecule has 8 heteroatoms. The molecule has 0 fully saturated rings. The van der Waals surface area contributed by atoms with Gasteiger partial charge in [0.1, 0.15) is 0 Å². The van der Waals surface area contributed by atoms with Gasteiger partial charge < -0.3 is 10.2 Å². The molecule has 0 radical (unpaired) electrons. The van der Waals surface area contributed by atoms with Crippen molar-refractivity contribution >= 4 is 44.6 Å². The van der Waals surface area contributed by atoms with Crippen molar-refractivity contribution in [3.8, 4) is 0 Å². The van der Waals surface area contributed by atoms with Crippen LogP contribution in [0.5, 0.6) is 0 Å². The number of fused-ring (bicyclic) bond motifs is 2. The van der Waals surface area contributed by atoms with E-state index in [4.69, 9.17) is 0 Å². The molecule has 1 aliphatic rings. The van der Waals surface area contributed by atoms with E-state index in [1.54, 1.807) is 17.8 Å². The first-order chi connectivity index (χ1) is 13.9.